The number of Topliss-reactive ketones (excluding diaryl/α,β-unsaturated/α-hetero) is 1. The van der Waals surface area contributed by atoms with Crippen molar-refractivity contribution in [1.29, 1.82) is 0 Å². The predicted molar refractivity (Wildman–Crippen MR) is 133 cm³/mol. The van der Waals surface area contributed by atoms with Crippen molar-refractivity contribution in [2.24, 2.45) is 0 Å². The normalized spacial score (nSPS) is 16.1. The van der Waals surface area contributed by atoms with Crippen LogP contribution in [0, 0.1) is 6.92 Å². The van der Waals surface area contributed by atoms with Gasteiger partial charge in [0.15, 0.2) is 16.7 Å². The summed E-state index contributed by atoms with van der Waals surface area (Å²) in [5, 5.41) is 22.2. The molecule has 0 saturated heterocycles. The number of aliphatic hydroxyl groups excluding tert-OH is 1. The van der Waals surface area contributed by atoms with E-state index in [0.29, 0.717) is 21.8 Å². The van der Waals surface area contributed by atoms with Crippen LogP contribution in [0.1, 0.15) is 27.7 Å². The van der Waals surface area contributed by atoms with Gasteiger partial charge in [0.05, 0.1) is 21.8 Å². The van der Waals surface area contributed by atoms with Crippen molar-refractivity contribution in [2.45, 2.75) is 13.0 Å². The Morgan fingerprint density at radius 2 is 1.86 bits per heavy atom. The molecule has 1 aliphatic heterocycles. The molecule has 172 valence electrons. The van der Waals surface area contributed by atoms with Crippen molar-refractivity contribution in [2.75, 3.05) is 4.90 Å². The molecule has 3 heterocycles. The van der Waals surface area contributed by atoms with Crippen molar-refractivity contribution in [1.82, 2.24) is 4.98 Å². The second-order valence-corrected chi connectivity index (χ2v) is 9.39. The summed E-state index contributed by atoms with van der Waals surface area (Å²) < 4.78 is 6.62. The van der Waals surface area contributed by atoms with Crippen LogP contribution in [0.2, 0.25) is 0 Å². The second kappa shape index (κ2) is 7.82. The van der Waals surface area contributed by atoms with E-state index in [0.717, 1.165) is 15.6 Å². The van der Waals surface area contributed by atoms with E-state index < -0.39 is 23.5 Å². The number of rotatable bonds is 4. The van der Waals surface area contributed by atoms with Gasteiger partial charge in [-0.15, -0.1) is 0 Å². The number of thiazole rings is 1. The maximum absolute atomic E-state index is 13.7. The van der Waals surface area contributed by atoms with Gasteiger partial charge in [0.2, 0.25) is 5.78 Å². The number of benzene rings is 3. The summed E-state index contributed by atoms with van der Waals surface area (Å²) >= 11 is 1.29. The highest BCUT2D eigenvalue weighted by molar-refractivity contribution is 7.22. The van der Waals surface area contributed by atoms with Gasteiger partial charge in [-0.3, -0.25) is 14.5 Å². The van der Waals surface area contributed by atoms with E-state index in [-0.39, 0.29) is 17.1 Å². The van der Waals surface area contributed by atoms with E-state index >= 15 is 0 Å². The van der Waals surface area contributed by atoms with Crippen LogP contribution in [-0.4, -0.2) is 26.9 Å². The van der Waals surface area contributed by atoms with Crippen LogP contribution in [0.15, 0.2) is 88.5 Å². The number of carbonyl (C=O) groups is 2. The van der Waals surface area contributed by atoms with Gasteiger partial charge in [0, 0.05) is 5.39 Å². The van der Waals surface area contributed by atoms with Gasteiger partial charge in [-0.25, -0.2) is 4.98 Å². The lowest BCUT2D eigenvalue weighted by atomic mass is 9.95. The van der Waals surface area contributed by atoms with E-state index in [2.05, 4.69) is 4.98 Å². The molecule has 0 bridgehead atoms. The first-order chi connectivity index (χ1) is 16.9. The van der Waals surface area contributed by atoms with Crippen LogP contribution in [-0.2, 0) is 4.79 Å². The maximum atomic E-state index is 13.7. The summed E-state index contributed by atoms with van der Waals surface area (Å²) in [4.78, 5) is 33.0. The Bertz CT molecular complexity index is 1660. The summed E-state index contributed by atoms with van der Waals surface area (Å²) in [6, 6.07) is 19.8. The van der Waals surface area contributed by atoms with E-state index in [1.807, 2.05) is 37.3 Å². The molecule has 0 spiro atoms. The third-order valence-electron chi connectivity index (χ3n) is 6.03. The number of ketones is 1. The number of hydrogen-bond acceptors (Lipinski definition) is 7. The van der Waals surface area contributed by atoms with Gasteiger partial charge >= 0.3 is 0 Å². The Labute approximate surface area is 203 Å². The first-order valence-electron chi connectivity index (χ1n) is 10.9. The molecule has 1 aliphatic rings. The lowest BCUT2D eigenvalue weighted by molar-refractivity contribution is -0.117. The molecule has 6 rings (SSSR count). The number of phenols is 1. The molecule has 2 aromatic heterocycles. The van der Waals surface area contributed by atoms with Crippen LogP contribution < -0.4 is 4.90 Å². The number of hydrogen-bond donors (Lipinski definition) is 2. The van der Waals surface area contributed by atoms with Crippen LogP contribution in [0.5, 0.6) is 5.75 Å². The Morgan fingerprint density at radius 1 is 1.03 bits per heavy atom. The Kier molecular flexibility index (Phi) is 4.72. The van der Waals surface area contributed by atoms with Crippen LogP contribution in [0.4, 0.5) is 5.13 Å². The summed E-state index contributed by atoms with van der Waals surface area (Å²) in [5.74, 6) is -2.04. The number of furan rings is 1. The number of nitrogens with zero attached hydrogens (tertiary/aromatic N) is 2. The molecule has 0 aliphatic carbocycles. The highest BCUT2D eigenvalue weighted by Gasteiger charge is 2.46. The zero-order valence-corrected chi connectivity index (χ0v) is 19.2. The SMILES string of the molecule is Cc1ccc2nc(N3C(=O)C(O)=C(C(=O)c4cc5ccccc5o4)C3c3cccc(O)c3)sc2c1. The molecular formula is C27H18N2O5S. The molecule has 8 heteroatoms. The van der Waals surface area contributed by atoms with Crippen molar-refractivity contribution in [3.8, 4) is 5.75 Å². The molecular weight excluding hydrogens is 464 g/mol. The van der Waals surface area contributed by atoms with E-state index in [1.54, 1.807) is 30.3 Å². The molecule has 3 aromatic carbocycles. The number of carbonyl (C=O) groups excluding carboxylic acids is 2. The minimum Gasteiger partial charge on any atom is -0.508 e. The van der Waals surface area contributed by atoms with Crippen molar-refractivity contribution in [3.63, 3.8) is 0 Å². The van der Waals surface area contributed by atoms with Crippen molar-refractivity contribution < 1.29 is 24.2 Å². The molecule has 2 N–H and O–H groups in total. The molecule has 1 unspecified atom stereocenters. The summed E-state index contributed by atoms with van der Waals surface area (Å²) in [7, 11) is 0. The first-order valence-corrected chi connectivity index (χ1v) is 11.7. The number of amides is 1. The van der Waals surface area contributed by atoms with E-state index in [9.17, 15) is 19.8 Å². The number of anilines is 1. The van der Waals surface area contributed by atoms with Crippen LogP contribution in [0.3, 0.4) is 0 Å². The van der Waals surface area contributed by atoms with Gasteiger partial charge in [-0.1, -0.05) is 47.7 Å². The molecule has 7 nitrogen and oxygen atoms in total. The van der Waals surface area contributed by atoms with Gasteiger partial charge in [-0.2, -0.15) is 0 Å². The minimum absolute atomic E-state index is 0.00692. The van der Waals surface area contributed by atoms with Crippen LogP contribution >= 0.6 is 11.3 Å². The van der Waals surface area contributed by atoms with Crippen molar-refractivity contribution >= 4 is 49.3 Å². The number of para-hydroxylation sites is 1. The van der Waals surface area contributed by atoms with Gasteiger partial charge in [0.25, 0.3) is 5.91 Å². The Hall–Kier alpha value is -4.43. The molecule has 0 radical (unpaired) electrons. The summed E-state index contributed by atoms with van der Waals surface area (Å²) in [6.07, 6.45) is 0. The number of aliphatic hydroxyl groups is 1. The zero-order valence-electron chi connectivity index (χ0n) is 18.4. The second-order valence-electron chi connectivity index (χ2n) is 8.38. The standard InChI is InChI=1S/C27H18N2O5S/c1-14-9-10-18-21(11-14)35-27(28-18)29-23(16-6-4-7-17(30)12-16)22(25(32)26(29)33)24(31)20-13-15-5-2-3-8-19(15)34-20/h2-13,23,30,32H,1H3. The highest BCUT2D eigenvalue weighted by Crippen LogP contribution is 2.45. The fraction of sp³-hybridized carbons (Fsp3) is 0.0741. The molecule has 1 amide bonds. The number of aryl methyl sites for hydroxylation is 1. The fourth-order valence-corrected chi connectivity index (χ4v) is 5.48. The van der Waals surface area contributed by atoms with E-state index in [1.165, 1.54) is 28.4 Å². The largest absolute Gasteiger partial charge is 0.508 e. The molecule has 0 saturated carbocycles. The number of phenolic OH excluding ortho intramolecular Hbond substituents is 1. The Balaban J connectivity index is 1.52. The topological polar surface area (TPSA) is 104 Å². The number of aromatic nitrogens is 1. The lowest BCUT2D eigenvalue weighted by Crippen LogP contribution is -2.30. The van der Waals surface area contributed by atoms with Crippen molar-refractivity contribution in [3.05, 3.63) is 101 Å². The smallest absolute Gasteiger partial charge is 0.296 e. The summed E-state index contributed by atoms with van der Waals surface area (Å²) in [6.45, 7) is 1.97. The van der Waals surface area contributed by atoms with E-state index in [4.69, 9.17) is 4.42 Å². The zero-order chi connectivity index (χ0) is 24.3. The third-order valence-corrected chi connectivity index (χ3v) is 7.04. The fourth-order valence-electron chi connectivity index (χ4n) is 4.39. The first kappa shape index (κ1) is 21.1. The average molecular weight is 483 g/mol. The molecule has 0 fully saturated rings. The van der Waals surface area contributed by atoms with Gasteiger partial charge in [0.1, 0.15) is 11.3 Å². The van der Waals surface area contributed by atoms with Crippen LogP contribution in [0.25, 0.3) is 21.2 Å². The highest BCUT2D eigenvalue weighted by atomic mass is 32.1. The minimum atomic E-state index is -1.00. The van der Waals surface area contributed by atoms with Gasteiger partial charge in [-0.05, 0) is 54.4 Å². The van der Waals surface area contributed by atoms with Gasteiger partial charge < -0.3 is 14.6 Å². The quantitative estimate of drug-likeness (QED) is 0.312. The molecule has 5 aromatic rings. The maximum Gasteiger partial charge on any atom is 0.296 e. The predicted octanol–water partition coefficient (Wildman–Crippen LogP) is 5.84. The number of aromatic hydroxyl groups is 1. The third kappa shape index (κ3) is 3.38. The lowest BCUT2D eigenvalue weighted by Gasteiger charge is -2.24. The monoisotopic (exact) mass is 482 g/mol. The Morgan fingerprint density at radius 3 is 2.66 bits per heavy atom. The molecule has 1 atom stereocenters. The molecule has 35 heavy (non-hydrogen) atoms. The average Bonchev–Trinajstić information content (AvgIpc) is 3.52. The number of fused-ring (bicyclic) bond motifs is 2. The summed E-state index contributed by atoms with van der Waals surface area (Å²) in [5.41, 5.74) is 2.60.